The zero-order valence-corrected chi connectivity index (χ0v) is 11.4. The van der Waals surface area contributed by atoms with Gasteiger partial charge in [0.05, 0.1) is 5.56 Å². The van der Waals surface area contributed by atoms with E-state index >= 15 is 0 Å². The summed E-state index contributed by atoms with van der Waals surface area (Å²) in [6.45, 7) is 4.76. The van der Waals surface area contributed by atoms with Crippen molar-refractivity contribution in [2.75, 3.05) is 13.1 Å². The van der Waals surface area contributed by atoms with Crippen molar-refractivity contribution in [2.24, 2.45) is 5.41 Å². The van der Waals surface area contributed by atoms with Crippen LogP contribution in [0.4, 0.5) is 8.78 Å². The number of benzene rings is 1. The van der Waals surface area contributed by atoms with Crippen LogP contribution in [0.25, 0.3) is 0 Å². The molecule has 0 saturated carbocycles. The van der Waals surface area contributed by atoms with E-state index < -0.39 is 22.8 Å². The fourth-order valence-electron chi connectivity index (χ4n) is 2.87. The van der Waals surface area contributed by atoms with Crippen LogP contribution >= 0.6 is 0 Å². The predicted molar refractivity (Wildman–Crippen MR) is 70.3 cm³/mol. The average Bonchev–Trinajstić information content (AvgIpc) is 2.84. The Labute approximate surface area is 112 Å². The van der Waals surface area contributed by atoms with Crippen molar-refractivity contribution in [3.05, 3.63) is 34.9 Å². The molecule has 0 bridgehead atoms. The van der Waals surface area contributed by atoms with Crippen molar-refractivity contribution in [1.82, 2.24) is 5.32 Å². The summed E-state index contributed by atoms with van der Waals surface area (Å²) < 4.78 is 28.0. The highest BCUT2D eigenvalue weighted by molar-refractivity contribution is 6.01. The van der Waals surface area contributed by atoms with Crippen LogP contribution in [0.2, 0.25) is 0 Å². The lowest BCUT2D eigenvalue weighted by atomic mass is 9.75. The van der Waals surface area contributed by atoms with E-state index in [-0.39, 0.29) is 5.56 Å². The van der Waals surface area contributed by atoms with Crippen molar-refractivity contribution < 1.29 is 13.6 Å². The maximum atomic E-state index is 14.1. The van der Waals surface area contributed by atoms with Gasteiger partial charge in [0.25, 0.3) is 0 Å². The molecule has 0 aromatic heterocycles. The molecule has 19 heavy (non-hydrogen) atoms. The second-order valence-corrected chi connectivity index (χ2v) is 5.34. The molecule has 0 radical (unpaired) electrons. The Balaban J connectivity index is 2.46. The first-order chi connectivity index (χ1) is 9.02. The topological polar surface area (TPSA) is 29.1 Å². The van der Waals surface area contributed by atoms with E-state index in [0.717, 1.165) is 13.0 Å². The van der Waals surface area contributed by atoms with E-state index in [0.29, 0.717) is 24.9 Å². The van der Waals surface area contributed by atoms with Crippen molar-refractivity contribution in [1.29, 1.82) is 0 Å². The molecule has 1 N–H and O–H groups in total. The molecule has 1 heterocycles. The van der Waals surface area contributed by atoms with Crippen molar-refractivity contribution in [3.8, 4) is 0 Å². The Hall–Kier alpha value is -1.29. The van der Waals surface area contributed by atoms with Gasteiger partial charge in [0, 0.05) is 12.0 Å². The molecule has 1 unspecified atom stereocenters. The summed E-state index contributed by atoms with van der Waals surface area (Å²) in [4.78, 5) is 12.6. The molecule has 4 heteroatoms. The first-order valence-corrected chi connectivity index (χ1v) is 6.72. The number of carbonyl (C=O) groups excluding carboxylic acids is 1. The van der Waals surface area contributed by atoms with Crippen LogP contribution in [0.1, 0.15) is 42.1 Å². The van der Waals surface area contributed by atoms with Gasteiger partial charge in [-0.1, -0.05) is 19.4 Å². The van der Waals surface area contributed by atoms with E-state index in [1.807, 2.05) is 6.92 Å². The number of hydrogen-bond acceptors (Lipinski definition) is 2. The summed E-state index contributed by atoms with van der Waals surface area (Å²) in [6, 6.07) is 2.54. The zero-order chi connectivity index (χ0) is 14.0. The van der Waals surface area contributed by atoms with Crippen LogP contribution in [-0.2, 0) is 0 Å². The Kier molecular flexibility index (Phi) is 3.99. The molecule has 0 amide bonds. The first kappa shape index (κ1) is 14.1. The summed E-state index contributed by atoms with van der Waals surface area (Å²) in [6.07, 6.45) is 2.13. The summed E-state index contributed by atoms with van der Waals surface area (Å²) in [5.74, 6) is -1.86. The molecule has 0 spiro atoms. The van der Waals surface area contributed by atoms with Gasteiger partial charge in [0.1, 0.15) is 11.6 Å². The van der Waals surface area contributed by atoms with Crippen LogP contribution in [0, 0.1) is 24.0 Å². The molecular weight excluding hydrogens is 248 g/mol. The lowest BCUT2D eigenvalue weighted by molar-refractivity contribution is 0.0792. The second kappa shape index (κ2) is 5.37. The summed E-state index contributed by atoms with van der Waals surface area (Å²) in [5.41, 5.74) is -0.705. The Morgan fingerprint density at radius 3 is 2.74 bits per heavy atom. The van der Waals surface area contributed by atoms with Crippen LogP contribution in [0.15, 0.2) is 12.1 Å². The van der Waals surface area contributed by atoms with E-state index in [9.17, 15) is 13.6 Å². The lowest BCUT2D eigenvalue weighted by Gasteiger charge is -2.26. The first-order valence-electron chi connectivity index (χ1n) is 6.72. The predicted octanol–water partition coefficient (Wildman–Crippen LogP) is 3.24. The SMILES string of the molecule is CCCC1(C(=O)c2c(F)ccc(C)c2F)CCNC1. The van der Waals surface area contributed by atoms with Gasteiger partial charge in [-0.05, 0) is 37.9 Å². The van der Waals surface area contributed by atoms with Crippen LogP contribution < -0.4 is 5.32 Å². The number of rotatable bonds is 4. The minimum Gasteiger partial charge on any atom is -0.316 e. The van der Waals surface area contributed by atoms with Gasteiger partial charge >= 0.3 is 0 Å². The van der Waals surface area contributed by atoms with Gasteiger partial charge in [0.2, 0.25) is 0 Å². The van der Waals surface area contributed by atoms with Gasteiger partial charge in [0.15, 0.2) is 5.78 Å². The van der Waals surface area contributed by atoms with Crippen molar-refractivity contribution in [2.45, 2.75) is 33.1 Å². The Morgan fingerprint density at radius 2 is 2.16 bits per heavy atom. The average molecular weight is 267 g/mol. The third-order valence-electron chi connectivity index (χ3n) is 3.97. The molecule has 1 aliphatic heterocycles. The van der Waals surface area contributed by atoms with E-state index in [1.54, 1.807) is 6.92 Å². The lowest BCUT2D eigenvalue weighted by Crippen LogP contribution is -2.34. The quantitative estimate of drug-likeness (QED) is 0.849. The van der Waals surface area contributed by atoms with Crippen LogP contribution in [-0.4, -0.2) is 18.9 Å². The molecule has 1 aromatic rings. The van der Waals surface area contributed by atoms with E-state index in [2.05, 4.69) is 5.32 Å². The molecule has 1 aliphatic rings. The van der Waals surface area contributed by atoms with Gasteiger partial charge in [-0.25, -0.2) is 8.78 Å². The third-order valence-corrected chi connectivity index (χ3v) is 3.97. The maximum absolute atomic E-state index is 14.1. The number of hydrogen-bond donors (Lipinski definition) is 1. The van der Waals surface area contributed by atoms with Gasteiger partial charge < -0.3 is 5.32 Å². The molecule has 1 fully saturated rings. The molecule has 0 aliphatic carbocycles. The zero-order valence-electron chi connectivity index (χ0n) is 11.4. The minimum absolute atomic E-state index is 0.308. The number of Topliss-reactive ketones (excluding diaryl/α,β-unsaturated/α-hetero) is 1. The molecule has 104 valence electrons. The normalized spacial score (nSPS) is 22.7. The van der Waals surface area contributed by atoms with E-state index in [4.69, 9.17) is 0 Å². The number of halogens is 2. The van der Waals surface area contributed by atoms with Crippen molar-refractivity contribution >= 4 is 5.78 Å². The Morgan fingerprint density at radius 1 is 1.42 bits per heavy atom. The van der Waals surface area contributed by atoms with Gasteiger partial charge in [-0.2, -0.15) is 0 Å². The monoisotopic (exact) mass is 267 g/mol. The second-order valence-electron chi connectivity index (χ2n) is 5.34. The molecular formula is C15H19F2NO. The highest BCUT2D eigenvalue weighted by atomic mass is 19.1. The van der Waals surface area contributed by atoms with E-state index in [1.165, 1.54) is 12.1 Å². The fraction of sp³-hybridized carbons (Fsp3) is 0.533. The maximum Gasteiger partial charge on any atom is 0.176 e. The molecule has 1 atom stereocenters. The van der Waals surface area contributed by atoms with Gasteiger partial charge in [-0.3, -0.25) is 4.79 Å². The summed E-state index contributed by atoms with van der Waals surface area (Å²) in [5, 5.41) is 3.14. The fourth-order valence-corrected chi connectivity index (χ4v) is 2.87. The number of ketones is 1. The third kappa shape index (κ3) is 2.41. The number of carbonyl (C=O) groups is 1. The standard InChI is InChI=1S/C15H19F2NO/c1-3-6-15(7-8-18-9-15)14(19)12-11(16)5-4-10(2)13(12)17/h4-5,18H,3,6-9H2,1-2H3. The minimum atomic E-state index is -0.754. The highest BCUT2D eigenvalue weighted by Crippen LogP contribution is 2.36. The molecule has 2 nitrogen and oxygen atoms in total. The van der Waals surface area contributed by atoms with Crippen LogP contribution in [0.5, 0.6) is 0 Å². The number of nitrogens with one attached hydrogen (secondary N) is 1. The largest absolute Gasteiger partial charge is 0.316 e. The summed E-state index contributed by atoms with van der Waals surface area (Å²) in [7, 11) is 0. The highest BCUT2D eigenvalue weighted by Gasteiger charge is 2.42. The molecule has 1 aromatic carbocycles. The number of aryl methyl sites for hydroxylation is 1. The smallest absolute Gasteiger partial charge is 0.176 e. The Bertz CT molecular complexity index is 493. The van der Waals surface area contributed by atoms with Crippen molar-refractivity contribution in [3.63, 3.8) is 0 Å². The van der Waals surface area contributed by atoms with Gasteiger partial charge in [-0.15, -0.1) is 0 Å². The summed E-state index contributed by atoms with van der Waals surface area (Å²) >= 11 is 0. The van der Waals surface area contributed by atoms with Crippen LogP contribution in [0.3, 0.4) is 0 Å². The molecule has 1 saturated heterocycles. The molecule has 2 rings (SSSR count).